The van der Waals surface area contributed by atoms with Crippen LogP contribution >= 0.6 is 0 Å². The van der Waals surface area contributed by atoms with Crippen LogP contribution in [0, 0.1) is 0 Å². The third-order valence-electron chi connectivity index (χ3n) is 13.0. The van der Waals surface area contributed by atoms with E-state index in [0.29, 0.717) is 0 Å². The van der Waals surface area contributed by atoms with Gasteiger partial charge in [-0.1, -0.05) is 224 Å². The number of hydrogen-bond donors (Lipinski definition) is 0. The van der Waals surface area contributed by atoms with Gasteiger partial charge in [-0.25, -0.2) is 0 Å². The van der Waals surface area contributed by atoms with Gasteiger partial charge in [0.25, 0.3) is 0 Å². The van der Waals surface area contributed by atoms with Crippen LogP contribution in [0.1, 0.15) is 0 Å². The Hall–Kier alpha value is -8.52. The molecule has 0 aromatic heterocycles. The molecule has 304 valence electrons. The van der Waals surface area contributed by atoms with Crippen LogP contribution < -0.4 is 4.90 Å². The van der Waals surface area contributed by atoms with Crippen molar-refractivity contribution in [2.45, 2.75) is 0 Å². The van der Waals surface area contributed by atoms with E-state index in [1.165, 1.54) is 87.6 Å². The topological polar surface area (TPSA) is 3.24 Å². The number of benzene rings is 12. The minimum Gasteiger partial charge on any atom is -0.309 e. The lowest BCUT2D eigenvalue weighted by molar-refractivity contribution is 1.30. The summed E-state index contributed by atoms with van der Waals surface area (Å²) in [6.07, 6.45) is 0. The third kappa shape index (κ3) is 6.82. The number of nitrogens with zero attached hydrogens (tertiary/aromatic N) is 1. The van der Waals surface area contributed by atoms with E-state index in [9.17, 15) is 0 Å². The summed E-state index contributed by atoms with van der Waals surface area (Å²) in [5.41, 5.74) is 15.3. The van der Waals surface area contributed by atoms with E-state index >= 15 is 0 Å². The Kier molecular flexibility index (Phi) is 9.58. The summed E-state index contributed by atoms with van der Waals surface area (Å²) >= 11 is 0. The second kappa shape index (κ2) is 16.3. The van der Waals surface area contributed by atoms with E-state index in [0.717, 1.165) is 28.2 Å². The van der Waals surface area contributed by atoms with Gasteiger partial charge in [0.1, 0.15) is 0 Å². The lowest BCUT2D eigenvalue weighted by Gasteiger charge is -2.30. The van der Waals surface area contributed by atoms with Gasteiger partial charge >= 0.3 is 0 Å². The molecule has 0 aliphatic rings. The zero-order chi connectivity index (χ0) is 43.1. The van der Waals surface area contributed by atoms with Crippen molar-refractivity contribution in [1.82, 2.24) is 0 Å². The van der Waals surface area contributed by atoms with Crippen molar-refractivity contribution < 1.29 is 0 Å². The lowest BCUT2D eigenvalue weighted by Crippen LogP contribution is -2.12. The van der Waals surface area contributed by atoms with E-state index in [-0.39, 0.29) is 0 Å². The Morgan fingerprint density at radius 3 is 1.51 bits per heavy atom. The van der Waals surface area contributed by atoms with Crippen LogP contribution in [0.4, 0.5) is 17.1 Å². The highest BCUT2D eigenvalue weighted by Crippen LogP contribution is 2.49. The molecule has 0 bridgehead atoms. The van der Waals surface area contributed by atoms with E-state index in [1.807, 2.05) is 0 Å². The van der Waals surface area contributed by atoms with Crippen molar-refractivity contribution >= 4 is 60.2 Å². The number of fused-ring (bicyclic) bond motifs is 5. The van der Waals surface area contributed by atoms with Gasteiger partial charge < -0.3 is 4.90 Å². The van der Waals surface area contributed by atoms with E-state index in [2.05, 4.69) is 266 Å². The Morgan fingerprint density at radius 1 is 0.215 bits per heavy atom. The molecule has 0 aliphatic heterocycles. The summed E-state index contributed by atoms with van der Waals surface area (Å²) in [4.78, 5) is 2.48. The maximum atomic E-state index is 2.48. The predicted molar refractivity (Wildman–Crippen MR) is 278 cm³/mol. The van der Waals surface area contributed by atoms with Gasteiger partial charge in [-0.2, -0.15) is 0 Å². The maximum absolute atomic E-state index is 2.48. The quantitative estimate of drug-likeness (QED) is 0.138. The van der Waals surface area contributed by atoms with Crippen molar-refractivity contribution in [1.29, 1.82) is 0 Å². The van der Waals surface area contributed by atoms with Crippen LogP contribution in [0.15, 0.2) is 261 Å². The normalized spacial score (nSPS) is 11.4. The number of para-hydroxylation sites is 1. The summed E-state index contributed by atoms with van der Waals surface area (Å²) in [6, 6.07) is 95.4. The highest BCUT2D eigenvalue weighted by Gasteiger charge is 2.23. The van der Waals surface area contributed by atoms with Gasteiger partial charge in [-0.3, -0.25) is 0 Å². The Balaban J connectivity index is 1.12. The molecular formula is C64H43N. The summed E-state index contributed by atoms with van der Waals surface area (Å²) < 4.78 is 0. The highest BCUT2D eigenvalue weighted by atomic mass is 15.1. The van der Waals surface area contributed by atoms with Gasteiger partial charge in [-0.05, 0) is 124 Å². The number of anilines is 3. The van der Waals surface area contributed by atoms with Gasteiger partial charge in [-0.15, -0.1) is 0 Å². The van der Waals surface area contributed by atoms with Crippen molar-refractivity contribution in [3.05, 3.63) is 261 Å². The molecule has 12 aromatic carbocycles. The van der Waals surface area contributed by atoms with Crippen LogP contribution in [0.5, 0.6) is 0 Å². The minimum atomic E-state index is 1.09. The molecule has 0 aliphatic carbocycles. The second-order valence-electron chi connectivity index (χ2n) is 16.8. The van der Waals surface area contributed by atoms with Crippen LogP contribution in [-0.4, -0.2) is 0 Å². The molecule has 0 fully saturated rings. The van der Waals surface area contributed by atoms with E-state index < -0.39 is 0 Å². The van der Waals surface area contributed by atoms with Crippen molar-refractivity contribution in [3.8, 4) is 55.6 Å². The first-order chi connectivity index (χ1) is 32.3. The largest absolute Gasteiger partial charge is 0.309 e. The Morgan fingerprint density at radius 2 is 0.754 bits per heavy atom. The van der Waals surface area contributed by atoms with Crippen LogP contribution in [-0.2, 0) is 0 Å². The van der Waals surface area contributed by atoms with Crippen molar-refractivity contribution in [2.24, 2.45) is 0 Å². The number of hydrogen-bond acceptors (Lipinski definition) is 1. The molecule has 0 atom stereocenters. The fraction of sp³-hybridized carbons (Fsp3) is 0. The Bertz CT molecular complexity index is 3700. The molecule has 0 saturated heterocycles. The van der Waals surface area contributed by atoms with Crippen LogP contribution in [0.2, 0.25) is 0 Å². The monoisotopic (exact) mass is 825 g/mol. The van der Waals surface area contributed by atoms with Crippen LogP contribution in [0.3, 0.4) is 0 Å². The molecule has 0 N–H and O–H groups in total. The molecule has 0 unspecified atom stereocenters. The van der Waals surface area contributed by atoms with Crippen molar-refractivity contribution in [3.63, 3.8) is 0 Å². The van der Waals surface area contributed by atoms with Crippen molar-refractivity contribution in [2.75, 3.05) is 4.90 Å². The van der Waals surface area contributed by atoms with Gasteiger partial charge in [0.2, 0.25) is 0 Å². The van der Waals surface area contributed by atoms with Gasteiger partial charge in [0.15, 0.2) is 0 Å². The summed E-state index contributed by atoms with van der Waals surface area (Å²) in [6.45, 7) is 0. The molecule has 0 saturated carbocycles. The van der Waals surface area contributed by atoms with Gasteiger partial charge in [0.05, 0.1) is 11.4 Å². The second-order valence-corrected chi connectivity index (χ2v) is 16.8. The molecule has 0 spiro atoms. The first kappa shape index (κ1) is 38.2. The molecule has 12 rings (SSSR count). The molecule has 1 nitrogen and oxygen atoms in total. The fourth-order valence-corrected chi connectivity index (χ4v) is 10.0. The molecule has 0 amide bonds. The fourth-order valence-electron chi connectivity index (χ4n) is 10.0. The average Bonchev–Trinajstić information content (AvgIpc) is 3.39. The summed E-state index contributed by atoms with van der Waals surface area (Å²) in [7, 11) is 0. The summed E-state index contributed by atoms with van der Waals surface area (Å²) in [5.74, 6) is 0. The molecule has 12 aromatic rings. The summed E-state index contributed by atoms with van der Waals surface area (Å²) in [5, 5.41) is 9.83. The molecule has 0 heterocycles. The third-order valence-corrected chi connectivity index (χ3v) is 13.0. The predicted octanol–water partition coefficient (Wildman–Crippen LogP) is 18.1. The van der Waals surface area contributed by atoms with E-state index in [4.69, 9.17) is 0 Å². The SMILES string of the molecule is c1ccc(-c2ccc(N(c3cccc(-c4ccc5ccccc5c4)c3)c3ccccc3-c3ccc4c(c3)c(-c3ccccc3)c(-c3ccccc3)c3ccccc34)c3ccccc23)cc1. The molecule has 1 heteroatoms. The highest BCUT2D eigenvalue weighted by molar-refractivity contribution is 6.22. The van der Waals surface area contributed by atoms with E-state index in [1.54, 1.807) is 0 Å². The number of rotatable bonds is 8. The molecule has 0 radical (unpaired) electrons. The lowest BCUT2D eigenvalue weighted by atomic mass is 9.84. The molecule has 65 heavy (non-hydrogen) atoms. The standard InChI is InChI=1S/C64H43N/c1-4-20-45(21-5-1)53-39-40-62(58-32-14-12-30-55(53)58)65(52-28-18-27-49(42-52)50-36-35-44-19-10-11-26-48(44)41-50)61-34-17-16-29-54(61)51-37-38-57-56-31-13-15-33-59(56)63(46-22-6-2-7-23-46)64(60(57)43-51)47-24-8-3-9-25-47/h1-43H. The minimum absolute atomic E-state index is 1.09. The zero-order valence-corrected chi connectivity index (χ0v) is 35.8. The average molecular weight is 826 g/mol. The maximum Gasteiger partial charge on any atom is 0.0540 e. The first-order valence-corrected chi connectivity index (χ1v) is 22.4. The van der Waals surface area contributed by atoms with Crippen LogP contribution in [0.25, 0.3) is 98.7 Å². The van der Waals surface area contributed by atoms with Gasteiger partial charge in [0, 0.05) is 16.6 Å². The first-order valence-electron chi connectivity index (χ1n) is 22.4. The molecular weight excluding hydrogens is 783 g/mol. The zero-order valence-electron chi connectivity index (χ0n) is 35.8. The Labute approximate surface area is 379 Å². The smallest absolute Gasteiger partial charge is 0.0540 e.